The summed E-state index contributed by atoms with van der Waals surface area (Å²) in [5.74, 6) is 0.788. The van der Waals surface area contributed by atoms with Gasteiger partial charge < -0.3 is 14.9 Å². The molecule has 3 nitrogen and oxygen atoms in total. The predicted molar refractivity (Wildman–Crippen MR) is 69.2 cm³/mol. The highest BCUT2D eigenvalue weighted by Crippen LogP contribution is 2.43. The van der Waals surface area contributed by atoms with Crippen molar-refractivity contribution in [1.29, 1.82) is 0 Å². The maximum Gasteiger partial charge on any atom is 0.107 e. The second-order valence-corrected chi connectivity index (χ2v) is 6.03. The van der Waals surface area contributed by atoms with Crippen molar-refractivity contribution in [2.45, 2.75) is 69.7 Å². The Morgan fingerprint density at radius 2 is 1.83 bits per heavy atom. The van der Waals surface area contributed by atoms with Gasteiger partial charge in [-0.15, -0.1) is 0 Å². The van der Waals surface area contributed by atoms with Crippen LogP contribution in [0.5, 0.6) is 0 Å². The summed E-state index contributed by atoms with van der Waals surface area (Å²) in [4.78, 5) is 0. The van der Waals surface area contributed by atoms with E-state index in [0.717, 1.165) is 12.3 Å². The number of hydrogen-bond acceptors (Lipinski definition) is 3. The van der Waals surface area contributed by atoms with Gasteiger partial charge in [0.15, 0.2) is 0 Å². The third-order valence-electron chi connectivity index (χ3n) is 4.95. The molecule has 2 fully saturated rings. The standard InChI is InChI=1S/C15H24O3/c16-9-15-13(17)8-14(18-15)12-7-3-5-10-4-1-2-6-11(10)12/h10,13-17H,1-9H2/t10?,13-,14?,15+/m0/s1. The van der Waals surface area contributed by atoms with Crippen LogP contribution in [-0.2, 0) is 4.74 Å². The van der Waals surface area contributed by atoms with Crippen molar-refractivity contribution in [1.82, 2.24) is 0 Å². The van der Waals surface area contributed by atoms with Crippen molar-refractivity contribution in [2.24, 2.45) is 5.92 Å². The minimum absolute atomic E-state index is 0.0658. The summed E-state index contributed by atoms with van der Waals surface area (Å²) in [6.45, 7) is -0.0658. The first-order valence-corrected chi connectivity index (χ1v) is 7.45. The van der Waals surface area contributed by atoms with Gasteiger partial charge in [-0.25, -0.2) is 0 Å². The first kappa shape index (κ1) is 12.6. The first-order valence-electron chi connectivity index (χ1n) is 7.45. The second-order valence-electron chi connectivity index (χ2n) is 6.03. The van der Waals surface area contributed by atoms with E-state index in [0.29, 0.717) is 6.42 Å². The molecule has 0 amide bonds. The molecule has 1 heterocycles. The van der Waals surface area contributed by atoms with Crippen molar-refractivity contribution in [3.63, 3.8) is 0 Å². The Bertz CT molecular complexity index is 337. The molecule has 0 spiro atoms. The van der Waals surface area contributed by atoms with Gasteiger partial charge in [-0.1, -0.05) is 12.0 Å². The molecule has 1 saturated carbocycles. The van der Waals surface area contributed by atoms with Crippen molar-refractivity contribution in [2.75, 3.05) is 6.61 Å². The fraction of sp³-hybridized carbons (Fsp3) is 0.867. The van der Waals surface area contributed by atoms with Gasteiger partial charge in [0.05, 0.1) is 18.8 Å². The normalized spacial score (nSPS) is 41.0. The molecule has 0 aromatic heterocycles. The molecule has 0 radical (unpaired) electrons. The summed E-state index contributed by atoms with van der Waals surface area (Å²) < 4.78 is 5.85. The van der Waals surface area contributed by atoms with E-state index in [1.165, 1.54) is 44.1 Å². The number of rotatable bonds is 2. The van der Waals surface area contributed by atoms with Crippen LogP contribution < -0.4 is 0 Å². The van der Waals surface area contributed by atoms with Crippen LogP contribution in [0.25, 0.3) is 0 Å². The highest BCUT2D eigenvalue weighted by molar-refractivity contribution is 5.26. The van der Waals surface area contributed by atoms with E-state index in [4.69, 9.17) is 4.74 Å². The van der Waals surface area contributed by atoms with Gasteiger partial charge in [0.25, 0.3) is 0 Å². The smallest absolute Gasteiger partial charge is 0.107 e. The molecule has 1 saturated heterocycles. The molecule has 18 heavy (non-hydrogen) atoms. The molecule has 0 aromatic carbocycles. The van der Waals surface area contributed by atoms with Crippen LogP contribution in [0.4, 0.5) is 0 Å². The third kappa shape index (κ3) is 2.24. The minimum atomic E-state index is -0.489. The van der Waals surface area contributed by atoms with Gasteiger partial charge in [-0.2, -0.15) is 0 Å². The Morgan fingerprint density at radius 3 is 2.61 bits per heavy atom. The fourth-order valence-corrected chi connectivity index (χ4v) is 4.01. The third-order valence-corrected chi connectivity index (χ3v) is 4.95. The zero-order valence-corrected chi connectivity index (χ0v) is 11.0. The summed E-state index contributed by atoms with van der Waals surface area (Å²) in [6, 6.07) is 0. The number of allylic oxidation sites excluding steroid dienone is 1. The molecular weight excluding hydrogens is 228 g/mol. The van der Waals surface area contributed by atoms with Crippen LogP contribution >= 0.6 is 0 Å². The topological polar surface area (TPSA) is 49.7 Å². The lowest BCUT2D eigenvalue weighted by Crippen LogP contribution is -2.25. The van der Waals surface area contributed by atoms with Crippen LogP contribution in [-0.4, -0.2) is 35.1 Å². The van der Waals surface area contributed by atoms with Crippen LogP contribution in [0.15, 0.2) is 11.1 Å². The van der Waals surface area contributed by atoms with E-state index in [9.17, 15) is 10.2 Å². The molecule has 0 bridgehead atoms. The maximum atomic E-state index is 9.88. The van der Waals surface area contributed by atoms with Crippen molar-refractivity contribution in [3.05, 3.63) is 11.1 Å². The Kier molecular flexibility index (Phi) is 3.73. The summed E-state index contributed by atoms with van der Waals surface area (Å²) in [5, 5.41) is 19.1. The lowest BCUT2D eigenvalue weighted by molar-refractivity contribution is -0.0146. The lowest BCUT2D eigenvalue weighted by Gasteiger charge is -2.34. The maximum absolute atomic E-state index is 9.88. The second kappa shape index (κ2) is 5.32. The van der Waals surface area contributed by atoms with Crippen LogP contribution in [0.1, 0.15) is 51.4 Å². The molecule has 4 atom stereocenters. The highest BCUT2D eigenvalue weighted by atomic mass is 16.5. The lowest BCUT2D eigenvalue weighted by atomic mass is 9.73. The van der Waals surface area contributed by atoms with Gasteiger partial charge in [0.2, 0.25) is 0 Å². The van der Waals surface area contributed by atoms with E-state index in [2.05, 4.69) is 0 Å². The van der Waals surface area contributed by atoms with E-state index in [1.54, 1.807) is 5.57 Å². The largest absolute Gasteiger partial charge is 0.394 e. The van der Waals surface area contributed by atoms with Crippen LogP contribution in [0.3, 0.4) is 0 Å². The zero-order valence-electron chi connectivity index (χ0n) is 11.0. The van der Waals surface area contributed by atoms with E-state index in [1.807, 2.05) is 0 Å². The Morgan fingerprint density at radius 1 is 1.06 bits per heavy atom. The van der Waals surface area contributed by atoms with Crippen molar-refractivity contribution < 1.29 is 14.9 Å². The molecule has 3 heteroatoms. The average molecular weight is 252 g/mol. The zero-order chi connectivity index (χ0) is 12.5. The first-order chi connectivity index (χ1) is 8.79. The van der Waals surface area contributed by atoms with Gasteiger partial charge in [0.1, 0.15) is 6.10 Å². The SMILES string of the molecule is OC[C@H]1OC(C2=C3CCCCC3CCC2)C[C@@H]1O. The molecule has 2 N–H and O–H groups in total. The Labute approximate surface area is 109 Å². The van der Waals surface area contributed by atoms with Gasteiger partial charge in [-0.3, -0.25) is 0 Å². The molecule has 2 unspecified atom stereocenters. The number of hydrogen-bond donors (Lipinski definition) is 2. The summed E-state index contributed by atoms with van der Waals surface area (Å²) in [5.41, 5.74) is 3.12. The summed E-state index contributed by atoms with van der Waals surface area (Å²) >= 11 is 0. The fourth-order valence-electron chi connectivity index (χ4n) is 4.01. The molecule has 102 valence electrons. The quantitative estimate of drug-likeness (QED) is 0.741. The average Bonchev–Trinajstić information content (AvgIpc) is 2.79. The van der Waals surface area contributed by atoms with Crippen molar-refractivity contribution in [3.8, 4) is 0 Å². The van der Waals surface area contributed by atoms with Gasteiger partial charge in [0, 0.05) is 6.42 Å². The number of ether oxygens (including phenoxy) is 1. The summed E-state index contributed by atoms with van der Waals surface area (Å²) in [6.07, 6.45) is 8.91. The van der Waals surface area contributed by atoms with Gasteiger partial charge >= 0.3 is 0 Å². The minimum Gasteiger partial charge on any atom is -0.394 e. The Hall–Kier alpha value is -0.380. The molecule has 2 aliphatic carbocycles. The van der Waals surface area contributed by atoms with Crippen molar-refractivity contribution >= 4 is 0 Å². The monoisotopic (exact) mass is 252 g/mol. The molecule has 3 rings (SSSR count). The number of fused-ring (bicyclic) bond motifs is 1. The molecule has 1 aliphatic heterocycles. The molecule has 0 aromatic rings. The van der Waals surface area contributed by atoms with E-state index < -0.39 is 6.10 Å². The van der Waals surface area contributed by atoms with E-state index in [-0.39, 0.29) is 18.8 Å². The number of aliphatic hydroxyl groups excluding tert-OH is 2. The van der Waals surface area contributed by atoms with Crippen LogP contribution in [0.2, 0.25) is 0 Å². The Balaban J connectivity index is 1.80. The summed E-state index contributed by atoms with van der Waals surface area (Å²) in [7, 11) is 0. The predicted octanol–water partition coefficient (Wildman–Crippen LogP) is 2.17. The number of aliphatic hydroxyl groups is 2. The molecular formula is C15H24O3. The molecule has 3 aliphatic rings. The van der Waals surface area contributed by atoms with Crippen LogP contribution in [0, 0.1) is 5.92 Å². The van der Waals surface area contributed by atoms with Gasteiger partial charge in [-0.05, 0) is 50.0 Å². The van der Waals surface area contributed by atoms with E-state index >= 15 is 0 Å². The highest BCUT2D eigenvalue weighted by Gasteiger charge is 2.38.